The molecule has 1 atom stereocenters. The molecular weight excluding hydrogens is 441 g/mol. The van der Waals surface area contributed by atoms with E-state index in [1.165, 1.54) is 42.5 Å². The maximum Gasteiger partial charge on any atom is 0.271 e. The number of carbonyl (C=O) groups excluding carboxylic acids is 2. The second-order valence-corrected chi connectivity index (χ2v) is 9.61. The number of sulfonamides is 1. The average molecular weight is 462 g/mol. The maximum absolute atomic E-state index is 13.0. The molecule has 1 heterocycles. The van der Waals surface area contributed by atoms with E-state index in [0.717, 1.165) is 16.9 Å². The Morgan fingerprint density at radius 1 is 1.03 bits per heavy atom. The molecule has 0 bridgehead atoms. The number of rotatable bonds is 9. The van der Waals surface area contributed by atoms with Crippen LogP contribution in [0.4, 0.5) is 10.1 Å². The summed E-state index contributed by atoms with van der Waals surface area (Å²) >= 11 is 1.10. The van der Waals surface area contributed by atoms with Crippen molar-refractivity contribution in [2.24, 2.45) is 11.7 Å². The predicted molar refractivity (Wildman–Crippen MR) is 117 cm³/mol. The molecule has 0 fully saturated rings. The van der Waals surface area contributed by atoms with Crippen molar-refractivity contribution in [1.82, 2.24) is 5.32 Å². The van der Waals surface area contributed by atoms with E-state index in [4.69, 9.17) is 5.73 Å². The monoisotopic (exact) mass is 461 g/mol. The van der Waals surface area contributed by atoms with E-state index in [9.17, 15) is 22.4 Å². The molecule has 1 aromatic heterocycles. The summed E-state index contributed by atoms with van der Waals surface area (Å²) in [6.45, 7) is 0.0122. The third-order valence-electron chi connectivity index (χ3n) is 4.47. The van der Waals surface area contributed by atoms with Gasteiger partial charge in [0.1, 0.15) is 10.0 Å². The zero-order chi connectivity index (χ0) is 22.4. The first kappa shape index (κ1) is 22.4. The lowest BCUT2D eigenvalue weighted by molar-refractivity contribution is -0.121. The van der Waals surface area contributed by atoms with Crippen molar-refractivity contribution < 1.29 is 22.4 Å². The third kappa shape index (κ3) is 6.12. The summed E-state index contributed by atoms with van der Waals surface area (Å²) in [7, 11) is -3.67. The Bertz CT molecular complexity index is 1150. The van der Waals surface area contributed by atoms with E-state index >= 15 is 0 Å². The summed E-state index contributed by atoms with van der Waals surface area (Å²) in [6, 6.07) is 14.7. The highest BCUT2D eigenvalue weighted by Crippen LogP contribution is 2.20. The summed E-state index contributed by atoms with van der Waals surface area (Å²) in [4.78, 5) is 24.1. The van der Waals surface area contributed by atoms with Crippen LogP contribution in [0.25, 0.3) is 0 Å². The Labute approximate surface area is 183 Å². The van der Waals surface area contributed by atoms with Crippen LogP contribution in [0.2, 0.25) is 0 Å². The topological polar surface area (TPSA) is 118 Å². The lowest BCUT2D eigenvalue weighted by atomic mass is 9.98. The molecule has 0 saturated carbocycles. The van der Waals surface area contributed by atoms with Gasteiger partial charge in [-0.2, -0.15) is 0 Å². The van der Waals surface area contributed by atoms with Gasteiger partial charge in [-0.05, 0) is 59.8 Å². The van der Waals surface area contributed by atoms with Crippen molar-refractivity contribution in [3.05, 3.63) is 83.0 Å². The maximum atomic E-state index is 13.0. The fraction of sp³-hybridized carbons (Fsp3) is 0.143. The van der Waals surface area contributed by atoms with Crippen LogP contribution >= 0.6 is 11.3 Å². The third-order valence-corrected chi connectivity index (χ3v) is 7.24. The molecule has 10 heteroatoms. The van der Waals surface area contributed by atoms with Crippen LogP contribution in [0.1, 0.15) is 15.9 Å². The van der Waals surface area contributed by atoms with Crippen molar-refractivity contribution in [1.29, 1.82) is 0 Å². The molecular formula is C21H20FN3O4S2. The number of anilines is 1. The minimum atomic E-state index is -3.67. The first-order valence-electron chi connectivity index (χ1n) is 9.23. The lowest BCUT2D eigenvalue weighted by Crippen LogP contribution is -2.37. The zero-order valence-electron chi connectivity index (χ0n) is 16.2. The highest BCUT2D eigenvalue weighted by molar-refractivity contribution is 7.94. The van der Waals surface area contributed by atoms with E-state index < -0.39 is 27.8 Å². The number of halogens is 1. The number of nitrogens with two attached hydrogens (primary N) is 1. The molecule has 3 rings (SSSR count). The number of hydrogen-bond acceptors (Lipinski definition) is 5. The molecule has 0 radical (unpaired) electrons. The summed E-state index contributed by atoms with van der Waals surface area (Å²) in [5.74, 6) is -2.05. The molecule has 2 amide bonds. The molecule has 0 aliphatic heterocycles. The first-order valence-corrected chi connectivity index (χ1v) is 11.6. The van der Waals surface area contributed by atoms with Gasteiger partial charge >= 0.3 is 0 Å². The van der Waals surface area contributed by atoms with Gasteiger partial charge in [-0.3, -0.25) is 14.3 Å². The van der Waals surface area contributed by atoms with Crippen molar-refractivity contribution in [2.75, 3.05) is 11.3 Å². The Morgan fingerprint density at radius 2 is 1.71 bits per heavy atom. The Kier molecular flexibility index (Phi) is 7.03. The van der Waals surface area contributed by atoms with Crippen molar-refractivity contribution in [3.8, 4) is 0 Å². The number of nitrogens with one attached hydrogen (secondary N) is 2. The number of amides is 2. The minimum Gasteiger partial charge on any atom is -0.369 e. The van der Waals surface area contributed by atoms with Crippen molar-refractivity contribution in [3.63, 3.8) is 0 Å². The number of thiophene rings is 1. The molecule has 2 aromatic carbocycles. The van der Waals surface area contributed by atoms with Gasteiger partial charge in [-0.15, -0.1) is 11.3 Å². The van der Waals surface area contributed by atoms with Crippen LogP contribution < -0.4 is 15.8 Å². The smallest absolute Gasteiger partial charge is 0.271 e. The van der Waals surface area contributed by atoms with Crippen LogP contribution in [0, 0.1) is 11.7 Å². The van der Waals surface area contributed by atoms with E-state index in [1.807, 2.05) is 0 Å². The van der Waals surface area contributed by atoms with Gasteiger partial charge in [0.25, 0.3) is 15.9 Å². The molecule has 7 nitrogen and oxygen atoms in total. The fourth-order valence-electron chi connectivity index (χ4n) is 2.81. The largest absolute Gasteiger partial charge is 0.369 e. The van der Waals surface area contributed by atoms with E-state index in [0.29, 0.717) is 11.3 Å². The van der Waals surface area contributed by atoms with Gasteiger partial charge in [0.15, 0.2) is 0 Å². The van der Waals surface area contributed by atoms with Gasteiger partial charge in [0.05, 0.1) is 5.92 Å². The van der Waals surface area contributed by atoms with Crippen molar-refractivity contribution in [2.45, 2.75) is 10.6 Å². The molecule has 3 aromatic rings. The van der Waals surface area contributed by atoms with Crippen LogP contribution in [0.5, 0.6) is 0 Å². The van der Waals surface area contributed by atoms with Gasteiger partial charge < -0.3 is 11.1 Å². The highest BCUT2D eigenvalue weighted by atomic mass is 32.2. The average Bonchev–Trinajstić information content (AvgIpc) is 3.28. The second-order valence-electron chi connectivity index (χ2n) is 6.75. The second kappa shape index (κ2) is 9.71. The number of benzene rings is 2. The number of carbonyl (C=O) groups is 2. The highest BCUT2D eigenvalue weighted by Gasteiger charge is 2.19. The molecule has 0 spiro atoms. The zero-order valence-corrected chi connectivity index (χ0v) is 17.9. The molecule has 0 saturated heterocycles. The summed E-state index contributed by atoms with van der Waals surface area (Å²) < 4.78 is 40.2. The molecule has 0 aliphatic carbocycles. The van der Waals surface area contributed by atoms with Crippen LogP contribution in [0.15, 0.2) is 70.3 Å². The summed E-state index contributed by atoms with van der Waals surface area (Å²) in [5.41, 5.74) is 6.76. The van der Waals surface area contributed by atoms with E-state index in [-0.39, 0.29) is 23.0 Å². The molecule has 0 aliphatic rings. The normalized spacial score (nSPS) is 12.2. The molecule has 4 N–H and O–H groups in total. The van der Waals surface area contributed by atoms with Gasteiger partial charge in [0, 0.05) is 17.8 Å². The molecule has 162 valence electrons. The quantitative estimate of drug-likeness (QED) is 0.454. The van der Waals surface area contributed by atoms with Crippen LogP contribution in [-0.2, 0) is 21.2 Å². The van der Waals surface area contributed by atoms with Gasteiger partial charge in [-0.1, -0.05) is 18.2 Å². The number of hydrogen-bond donors (Lipinski definition) is 3. The Hall–Kier alpha value is -3.24. The summed E-state index contributed by atoms with van der Waals surface area (Å²) in [5, 5.41) is 4.32. The molecule has 1 unspecified atom stereocenters. The fourth-order valence-corrected chi connectivity index (χ4v) is 4.86. The number of primary amides is 1. The molecule has 31 heavy (non-hydrogen) atoms. The van der Waals surface area contributed by atoms with Gasteiger partial charge in [-0.25, -0.2) is 12.8 Å². The standard InChI is InChI=1S/C21H20FN3O4S2/c22-17-7-3-14(4-8-17)12-16(20(23)26)13-24-21(27)15-5-9-18(10-6-15)25-31(28,29)19-2-1-11-30-19/h1-11,16,25H,12-13H2,(H2,23,26)(H,24,27). The van der Waals surface area contributed by atoms with Crippen LogP contribution in [-0.4, -0.2) is 26.8 Å². The van der Waals surface area contributed by atoms with Gasteiger partial charge in [0.2, 0.25) is 5.91 Å². The summed E-state index contributed by atoms with van der Waals surface area (Å²) in [6.07, 6.45) is 0.263. The Morgan fingerprint density at radius 3 is 2.29 bits per heavy atom. The SMILES string of the molecule is NC(=O)C(CNC(=O)c1ccc(NS(=O)(=O)c2cccs2)cc1)Cc1ccc(F)cc1. The first-order chi connectivity index (χ1) is 14.7. The van der Waals surface area contributed by atoms with Crippen molar-refractivity contribution >= 4 is 38.9 Å². The van der Waals surface area contributed by atoms with E-state index in [1.54, 1.807) is 23.6 Å². The van der Waals surface area contributed by atoms with Crippen LogP contribution in [0.3, 0.4) is 0 Å². The Balaban J connectivity index is 1.59. The lowest BCUT2D eigenvalue weighted by Gasteiger charge is -2.15. The predicted octanol–water partition coefficient (Wildman–Crippen LogP) is 2.76. The minimum absolute atomic E-state index is 0.0122. The van der Waals surface area contributed by atoms with E-state index in [2.05, 4.69) is 10.0 Å².